The number of aromatic nitrogens is 2. The molecule has 0 spiro atoms. The normalized spacial score (nSPS) is 12.6. The van der Waals surface area contributed by atoms with Gasteiger partial charge in [0, 0.05) is 17.3 Å². The lowest BCUT2D eigenvalue weighted by Gasteiger charge is -2.10. The number of carboxylic acid groups (broad SMARTS) is 1. The number of amides is 1. The molecule has 2 rings (SSSR count). The van der Waals surface area contributed by atoms with Crippen LogP contribution < -0.4 is 5.32 Å². The second kappa shape index (κ2) is 6.15. The molecule has 20 heavy (non-hydrogen) atoms. The van der Waals surface area contributed by atoms with Crippen LogP contribution in [-0.2, 0) is 6.42 Å². The van der Waals surface area contributed by atoms with Crippen molar-refractivity contribution in [1.29, 1.82) is 0 Å². The molecule has 0 aliphatic rings. The molecule has 0 saturated carbocycles. The van der Waals surface area contributed by atoms with Crippen molar-refractivity contribution in [1.82, 2.24) is 15.3 Å². The van der Waals surface area contributed by atoms with Crippen LogP contribution in [0, 0.1) is 6.92 Å². The van der Waals surface area contributed by atoms with Crippen molar-refractivity contribution < 1.29 is 9.90 Å². The molecule has 0 aromatic carbocycles. The maximum atomic E-state index is 10.7. The summed E-state index contributed by atoms with van der Waals surface area (Å²) in [6, 6.07) is -0.152. The lowest BCUT2D eigenvalue weighted by Crippen LogP contribution is -2.32. The maximum Gasteiger partial charge on any atom is 0.404 e. The summed E-state index contributed by atoms with van der Waals surface area (Å²) in [4.78, 5) is 20.3. The van der Waals surface area contributed by atoms with Gasteiger partial charge in [-0.05, 0) is 37.3 Å². The van der Waals surface area contributed by atoms with E-state index in [1.165, 1.54) is 11.8 Å². The number of rotatable bonds is 4. The predicted molar refractivity (Wildman–Crippen MR) is 83.3 cm³/mol. The van der Waals surface area contributed by atoms with Gasteiger partial charge < -0.3 is 10.4 Å². The summed E-state index contributed by atoms with van der Waals surface area (Å²) < 4.78 is 1.01. The second-order valence-corrected chi connectivity index (χ2v) is 6.62. The van der Waals surface area contributed by atoms with Crippen molar-refractivity contribution in [3.8, 4) is 0 Å². The van der Waals surface area contributed by atoms with Crippen molar-refractivity contribution in [3.05, 3.63) is 15.7 Å². The Kier molecular flexibility index (Phi) is 4.72. The van der Waals surface area contributed by atoms with Crippen LogP contribution in [0.5, 0.6) is 0 Å². The molecule has 0 saturated heterocycles. The molecule has 1 atom stereocenters. The molecule has 0 aliphatic heterocycles. The van der Waals surface area contributed by atoms with Gasteiger partial charge in [0.25, 0.3) is 0 Å². The summed E-state index contributed by atoms with van der Waals surface area (Å²) in [6.45, 7) is 3.82. The fourth-order valence-electron chi connectivity index (χ4n) is 1.95. The minimum atomic E-state index is -1.01. The zero-order valence-electron chi connectivity index (χ0n) is 11.2. The largest absolute Gasteiger partial charge is 0.465 e. The van der Waals surface area contributed by atoms with Crippen molar-refractivity contribution in [3.63, 3.8) is 0 Å². The number of hydrogen-bond acceptors (Lipinski definition) is 5. The minimum absolute atomic E-state index is 0.152. The first-order chi connectivity index (χ1) is 9.42. The summed E-state index contributed by atoms with van der Waals surface area (Å²) in [6.07, 6.45) is 1.57. The first-order valence-electron chi connectivity index (χ1n) is 5.91. The molecule has 1 amide bonds. The van der Waals surface area contributed by atoms with Gasteiger partial charge in [0.1, 0.15) is 5.03 Å². The summed E-state index contributed by atoms with van der Waals surface area (Å²) in [5.74, 6) is 0. The lowest BCUT2D eigenvalue weighted by molar-refractivity contribution is 0.191. The topological polar surface area (TPSA) is 75.1 Å². The summed E-state index contributed by atoms with van der Waals surface area (Å²) in [7, 11) is 0. The van der Waals surface area contributed by atoms with Gasteiger partial charge in [-0.25, -0.2) is 14.8 Å². The van der Waals surface area contributed by atoms with Crippen LogP contribution in [0.3, 0.4) is 0 Å². The lowest BCUT2D eigenvalue weighted by atomic mass is 10.1. The van der Waals surface area contributed by atoms with Gasteiger partial charge in [0.2, 0.25) is 5.28 Å². The van der Waals surface area contributed by atoms with E-state index in [1.807, 2.05) is 20.1 Å². The fraction of sp³-hybridized carbons (Fsp3) is 0.417. The number of thioether (sulfide) groups is 1. The highest BCUT2D eigenvalue weighted by Gasteiger charge is 2.17. The first kappa shape index (κ1) is 15.3. The van der Waals surface area contributed by atoms with Crippen LogP contribution in [0.1, 0.15) is 17.4 Å². The summed E-state index contributed by atoms with van der Waals surface area (Å²) in [5, 5.41) is 12.3. The Balaban J connectivity index is 2.40. The van der Waals surface area contributed by atoms with Gasteiger partial charge in [0.15, 0.2) is 0 Å². The molecule has 2 heterocycles. The molecule has 0 bridgehead atoms. The van der Waals surface area contributed by atoms with E-state index in [1.54, 1.807) is 11.3 Å². The van der Waals surface area contributed by atoms with Crippen molar-refractivity contribution in [2.75, 3.05) is 6.26 Å². The number of nitrogens with zero attached hydrogens (tertiary/aromatic N) is 2. The fourth-order valence-corrected chi connectivity index (χ4v) is 4.27. The zero-order valence-corrected chi connectivity index (χ0v) is 13.6. The molecule has 0 fully saturated rings. The van der Waals surface area contributed by atoms with E-state index in [-0.39, 0.29) is 11.3 Å². The predicted octanol–water partition coefficient (Wildman–Crippen LogP) is 3.57. The Morgan fingerprint density at radius 1 is 1.55 bits per heavy atom. The molecule has 0 aliphatic carbocycles. The number of fused-ring (bicyclic) bond motifs is 1. The Morgan fingerprint density at radius 2 is 2.25 bits per heavy atom. The van der Waals surface area contributed by atoms with Crippen molar-refractivity contribution in [2.24, 2.45) is 0 Å². The number of nitrogens with one attached hydrogen (secondary N) is 1. The summed E-state index contributed by atoms with van der Waals surface area (Å²) >= 11 is 9.07. The van der Waals surface area contributed by atoms with Crippen LogP contribution in [0.2, 0.25) is 5.28 Å². The molecule has 1 unspecified atom stereocenters. The molecule has 8 heteroatoms. The molecular weight excluding hydrogens is 318 g/mol. The van der Waals surface area contributed by atoms with E-state index in [2.05, 4.69) is 15.3 Å². The van der Waals surface area contributed by atoms with E-state index < -0.39 is 6.09 Å². The van der Waals surface area contributed by atoms with Crippen LogP contribution >= 0.6 is 34.7 Å². The molecule has 2 aromatic rings. The van der Waals surface area contributed by atoms with E-state index in [0.717, 1.165) is 25.7 Å². The molecule has 2 N–H and O–H groups in total. The Hall–Kier alpha value is -1.05. The Labute approximate surface area is 129 Å². The molecule has 0 radical (unpaired) electrons. The summed E-state index contributed by atoms with van der Waals surface area (Å²) in [5.41, 5.74) is 1.90. The molecule has 2 aromatic heterocycles. The third kappa shape index (κ3) is 3.16. The highest BCUT2D eigenvalue weighted by molar-refractivity contribution is 7.98. The molecule has 108 valence electrons. The van der Waals surface area contributed by atoms with E-state index in [0.29, 0.717) is 6.42 Å². The van der Waals surface area contributed by atoms with Gasteiger partial charge in [-0.1, -0.05) is 0 Å². The second-order valence-electron chi connectivity index (χ2n) is 4.38. The number of carbonyl (C=O) groups is 1. The maximum absolute atomic E-state index is 10.7. The standard InChI is InChI=1S/C12H14ClN3O2S2/c1-5(14-12(17)18)4-7-6(2)8-9(20-7)10(19-3)16-11(13)15-8/h5,14H,4H2,1-3H3,(H,17,18). The van der Waals surface area contributed by atoms with Gasteiger partial charge in [0.05, 0.1) is 10.2 Å². The quantitative estimate of drug-likeness (QED) is 0.509. The molecular formula is C12H14ClN3O2S2. The zero-order chi connectivity index (χ0) is 14.9. The van der Waals surface area contributed by atoms with Gasteiger partial charge in [-0.2, -0.15) is 0 Å². The van der Waals surface area contributed by atoms with E-state index in [4.69, 9.17) is 16.7 Å². The number of aryl methyl sites for hydroxylation is 1. The van der Waals surface area contributed by atoms with Gasteiger partial charge >= 0.3 is 6.09 Å². The Morgan fingerprint density at radius 3 is 2.85 bits per heavy atom. The average Bonchev–Trinajstić information content (AvgIpc) is 2.65. The smallest absolute Gasteiger partial charge is 0.404 e. The van der Waals surface area contributed by atoms with E-state index in [9.17, 15) is 4.79 Å². The SMILES string of the molecule is CSc1nc(Cl)nc2c(C)c(CC(C)NC(=O)O)sc12. The van der Waals surface area contributed by atoms with E-state index >= 15 is 0 Å². The van der Waals surface area contributed by atoms with Crippen LogP contribution in [-0.4, -0.2) is 33.5 Å². The Bertz CT molecular complexity index is 660. The van der Waals surface area contributed by atoms with Crippen LogP contribution in [0.25, 0.3) is 10.2 Å². The number of hydrogen-bond donors (Lipinski definition) is 2. The minimum Gasteiger partial charge on any atom is -0.465 e. The van der Waals surface area contributed by atoms with Gasteiger partial charge in [-0.3, -0.25) is 0 Å². The highest BCUT2D eigenvalue weighted by atomic mass is 35.5. The first-order valence-corrected chi connectivity index (χ1v) is 8.33. The third-order valence-electron chi connectivity index (χ3n) is 2.86. The number of thiophene rings is 1. The molecule has 5 nitrogen and oxygen atoms in total. The van der Waals surface area contributed by atoms with Crippen LogP contribution in [0.4, 0.5) is 4.79 Å². The van der Waals surface area contributed by atoms with Crippen LogP contribution in [0.15, 0.2) is 5.03 Å². The monoisotopic (exact) mass is 331 g/mol. The highest BCUT2D eigenvalue weighted by Crippen LogP contribution is 2.36. The van der Waals surface area contributed by atoms with Gasteiger partial charge in [-0.15, -0.1) is 23.1 Å². The van der Waals surface area contributed by atoms with Crippen molar-refractivity contribution >= 4 is 51.0 Å². The third-order valence-corrected chi connectivity index (χ3v) is 5.15. The van der Waals surface area contributed by atoms with Crippen molar-refractivity contribution in [2.45, 2.75) is 31.3 Å². The number of halogens is 1. The average molecular weight is 332 g/mol.